The van der Waals surface area contributed by atoms with Crippen LogP contribution in [0.5, 0.6) is 5.75 Å². The van der Waals surface area contributed by atoms with Crippen LogP contribution in [0.15, 0.2) is 47.4 Å². The van der Waals surface area contributed by atoms with E-state index >= 15 is 0 Å². The highest BCUT2D eigenvalue weighted by atomic mass is 32.2. The van der Waals surface area contributed by atoms with E-state index in [1.807, 2.05) is 0 Å². The number of sulfonamides is 1. The van der Waals surface area contributed by atoms with Crippen LogP contribution in [-0.4, -0.2) is 30.7 Å². The second kappa shape index (κ2) is 5.55. The second-order valence-electron chi connectivity index (χ2n) is 5.20. The van der Waals surface area contributed by atoms with E-state index < -0.39 is 10.0 Å². The summed E-state index contributed by atoms with van der Waals surface area (Å²) >= 11 is 0. The number of phenolic OH excluding ortho intramolecular Hbond substituents is 1. The summed E-state index contributed by atoms with van der Waals surface area (Å²) in [5.41, 5.74) is 1.81. The van der Waals surface area contributed by atoms with Crippen LogP contribution in [-0.2, 0) is 23.0 Å². The molecule has 3 rings (SSSR count). The Labute approximate surface area is 128 Å². The van der Waals surface area contributed by atoms with Gasteiger partial charge in [0, 0.05) is 13.1 Å². The Balaban J connectivity index is 1.96. The van der Waals surface area contributed by atoms with Gasteiger partial charge in [-0.25, -0.2) is 8.42 Å². The van der Waals surface area contributed by atoms with Gasteiger partial charge in [-0.2, -0.15) is 4.31 Å². The van der Waals surface area contributed by atoms with Crippen molar-refractivity contribution >= 4 is 16.3 Å². The molecule has 0 saturated carbocycles. The predicted molar refractivity (Wildman–Crippen MR) is 81.2 cm³/mol. The van der Waals surface area contributed by atoms with Crippen molar-refractivity contribution in [1.82, 2.24) is 4.31 Å². The molecule has 0 saturated heterocycles. The molecule has 0 aromatic heterocycles. The lowest BCUT2D eigenvalue weighted by atomic mass is 9.98. The minimum Gasteiger partial charge on any atom is -0.507 e. The van der Waals surface area contributed by atoms with Crippen molar-refractivity contribution in [1.29, 1.82) is 0 Å². The summed E-state index contributed by atoms with van der Waals surface area (Å²) in [6.07, 6.45) is 1.08. The highest BCUT2D eigenvalue weighted by Gasteiger charge is 2.28. The highest BCUT2D eigenvalue weighted by molar-refractivity contribution is 7.89. The molecule has 0 fully saturated rings. The summed E-state index contributed by atoms with van der Waals surface area (Å²) in [6.45, 7) is 0.553. The summed E-state index contributed by atoms with van der Waals surface area (Å²) in [5, 5.41) is 9.71. The number of carbonyl (C=O) groups excluding carboxylic acids is 1. The summed E-state index contributed by atoms with van der Waals surface area (Å²) in [4.78, 5) is 11.2. The lowest BCUT2D eigenvalue weighted by Gasteiger charge is -2.28. The Kier molecular flexibility index (Phi) is 3.72. The first kappa shape index (κ1) is 14.7. The van der Waals surface area contributed by atoms with Gasteiger partial charge in [-0.1, -0.05) is 18.2 Å². The maximum absolute atomic E-state index is 12.6. The third kappa shape index (κ3) is 2.51. The molecule has 2 aromatic rings. The molecule has 0 atom stereocenters. The van der Waals surface area contributed by atoms with Gasteiger partial charge >= 0.3 is 0 Å². The van der Waals surface area contributed by atoms with Crippen LogP contribution >= 0.6 is 0 Å². The molecule has 1 N–H and O–H groups in total. The third-order valence-electron chi connectivity index (χ3n) is 3.83. The summed E-state index contributed by atoms with van der Waals surface area (Å²) < 4.78 is 26.6. The Bertz CT molecular complexity index is 816. The molecule has 114 valence electrons. The van der Waals surface area contributed by atoms with Crippen LogP contribution in [0, 0.1) is 0 Å². The number of hydrogen-bond acceptors (Lipinski definition) is 4. The zero-order valence-corrected chi connectivity index (χ0v) is 12.6. The van der Waals surface area contributed by atoms with E-state index in [2.05, 4.69) is 0 Å². The predicted octanol–water partition coefficient (Wildman–Crippen LogP) is 1.95. The van der Waals surface area contributed by atoms with Crippen molar-refractivity contribution in [3.8, 4) is 5.75 Å². The van der Waals surface area contributed by atoms with E-state index in [1.165, 1.54) is 4.31 Å². The van der Waals surface area contributed by atoms with Crippen molar-refractivity contribution in [3.05, 3.63) is 59.2 Å². The van der Waals surface area contributed by atoms with Gasteiger partial charge < -0.3 is 5.11 Å². The molecule has 2 aromatic carbocycles. The van der Waals surface area contributed by atoms with Crippen molar-refractivity contribution in [3.63, 3.8) is 0 Å². The number of phenols is 1. The summed E-state index contributed by atoms with van der Waals surface area (Å²) in [6, 6.07) is 11.4. The van der Waals surface area contributed by atoms with Crippen molar-refractivity contribution in [2.75, 3.05) is 6.54 Å². The maximum atomic E-state index is 12.6. The maximum Gasteiger partial charge on any atom is 0.243 e. The van der Waals surface area contributed by atoms with E-state index in [4.69, 9.17) is 0 Å². The molecular weight excluding hydrogens is 302 g/mol. The Morgan fingerprint density at radius 2 is 1.82 bits per heavy atom. The van der Waals surface area contributed by atoms with Crippen molar-refractivity contribution in [2.24, 2.45) is 0 Å². The first-order chi connectivity index (χ1) is 10.5. The molecule has 1 heterocycles. The van der Waals surface area contributed by atoms with Crippen LogP contribution in [0.25, 0.3) is 0 Å². The monoisotopic (exact) mass is 317 g/mol. The van der Waals surface area contributed by atoms with Gasteiger partial charge in [0.15, 0.2) is 6.29 Å². The molecule has 0 unspecified atom stereocenters. The smallest absolute Gasteiger partial charge is 0.243 e. The van der Waals surface area contributed by atoms with E-state index in [9.17, 15) is 18.3 Å². The SMILES string of the molecule is O=Cc1cc2c(cc1O)CCN(S(=O)(=O)c1ccccc1)C2. The molecule has 22 heavy (non-hydrogen) atoms. The molecule has 0 aliphatic carbocycles. The topological polar surface area (TPSA) is 74.7 Å². The average Bonchev–Trinajstić information content (AvgIpc) is 2.54. The van der Waals surface area contributed by atoms with Crippen LogP contribution in [0.2, 0.25) is 0 Å². The van der Waals surface area contributed by atoms with Gasteiger partial charge in [0.05, 0.1) is 10.5 Å². The third-order valence-corrected chi connectivity index (χ3v) is 5.69. The van der Waals surface area contributed by atoms with Crippen LogP contribution in [0.1, 0.15) is 21.5 Å². The fourth-order valence-electron chi connectivity index (χ4n) is 2.63. The van der Waals surface area contributed by atoms with Crippen LogP contribution < -0.4 is 0 Å². The zero-order chi connectivity index (χ0) is 15.7. The Morgan fingerprint density at radius 3 is 2.50 bits per heavy atom. The minimum atomic E-state index is -3.55. The quantitative estimate of drug-likeness (QED) is 0.878. The summed E-state index contributed by atoms with van der Waals surface area (Å²) in [5.74, 6) is -0.0619. The average molecular weight is 317 g/mol. The van der Waals surface area contributed by atoms with Gasteiger partial charge in [-0.05, 0) is 41.8 Å². The molecule has 0 bridgehead atoms. The fourth-order valence-corrected chi connectivity index (χ4v) is 4.07. The largest absolute Gasteiger partial charge is 0.507 e. The Morgan fingerprint density at radius 1 is 1.09 bits per heavy atom. The summed E-state index contributed by atoms with van der Waals surface area (Å²) in [7, 11) is -3.55. The number of aldehydes is 1. The zero-order valence-electron chi connectivity index (χ0n) is 11.8. The van der Waals surface area contributed by atoms with Gasteiger partial charge in [0.25, 0.3) is 0 Å². The number of aromatic hydroxyl groups is 1. The molecule has 6 heteroatoms. The van der Waals surface area contributed by atoms with E-state index in [-0.39, 0.29) is 22.8 Å². The lowest BCUT2D eigenvalue weighted by Crippen LogP contribution is -2.36. The number of carbonyl (C=O) groups is 1. The first-order valence-corrected chi connectivity index (χ1v) is 8.31. The van der Waals surface area contributed by atoms with Gasteiger partial charge in [0.2, 0.25) is 10.0 Å². The van der Waals surface area contributed by atoms with Crippen molar-refractivity contribution < 1.29 is 18.3 Å². The van der Waals surface area contributed by atoms with Crippen LogP contribution in [0.4, 0.5) is 0 Å². The van der Waals surface area contributed by atoms with E-state index in [0.29, 0.717) is 19.3 Å². The molecule has 0 radical (unpaired) electrons. The second-order valence-corrected chi connectivity index (χ2v) is 7.14. The molecule has 5 nitrogen and oxygen atoms in total. The standard InChI is InChI=1S/C16H15NO4S/c18-11-14-8-13-10-17(7-6-12(13)9-16(14)19)22(20,21)15-4-2-1-3-5-15/h1-5,8-9,11,19H,6-7,10H2. The normalized spacial score (nSPS) is 15.3. The number of nitrogens with zero attached hydrogens (tertiary/aromatic N) is 1. The number of benzene rings is 2. The molecular formula is C16H15NO4S. The van der Waals surface area contributed by atoms with Gasteiger partial charge in [-0.3, -0.25) is 4.79 Å². The van der Waals surface area contributed by atoms with Gasteiger partial charge in [-0.15, -0.1) is 0 Å². The van der Waals surface area contributed by atoms with E-state index in [1.54, 1.807) is 42.5 Å². The first-order valence-electron chi connectivity index (χ1n) is 6.87. The highest BCUT2D eigenvalue weighted by Crippen LogP contribution is 2.29. The van der Waals surface area contributed by atoms with Gasteiger partial charge in [0.1, 0.15) is 5.75 Å². The molecule has 1 aliphatic heterocycles. The van der Waals surface area contributed by atoms with E-state index in [0.717, 1.165) is 11.1 Å². The van der Waals surface area contributed by atoms with Crippen molar-refractivity contribution in [2.45, 2.75) is 17.9 Å². The fraction of sp³-hybridized carbons (Fsp3) is 0.188. The Hall–Kier alpha value is -2.18. The number of rotatable bonds is 3. The molecule has 1 aliphatic rings. The minimum absolute atomic E-state index is 0.0619. The number of hydrogen-bond donors (Lipinski definition) is 1. The number of fused-ring (bicyclic) bond motifs is 1. The molecule has 0 spiro atoms. The molecule has 0 amide bonds. The lowest BCUT2D eigenvalue weighted by molar-refractivity contribution is 0.112. The van der Waals surface area contributed by atoms with Crippen LogP contribution in [0.3, 0.4) is 0 Å².